The maximum atomic E-state index is 11.4. The first kappa shape index (κ1) is 17.9. The minimum absolute atomic E-state index is 0.0372. The molecule has 2 aromatic carbocycles. The Hall–Kier alpha value is -2.90. The maximum Gasteiger partial charge on any atom is 0.271 e. The Morgan fingerprint density at radius 2 is 1.96 bits per heavy atom. The molecule has 0 aliphatic rings. The number of nitro benzene ring substituents is 1. The Morgan fingerprint density at radius 1 is 1.19 bits per heavy atom. The number of hydrogen-bond acceptors (Lipinski definition) is 4. The smallest absolute Gasteiger partial charge is 0.271 e. The third kappa shape index (κ3) is 3.68. The number of carbonyl (C=O) groups excluding carboxylic acids is 1. The topological polar surface area (TPSA) is 104 Å². The highest BCUT2D eigenvalue weighted by atomic mass is 35.5. The van der Waals surface area contributed by atoms with E-state index in [9.17, 15) is 14.9 Å². The van der Waals surface area contributed by atoms with E-state index in [-0.39, 0.29) is 12.1 Å². The van der Waals surface area contributed by atoms with Crippen LogP contribution in [-0.4, -0.2) is 20.6 Å². The number of nitrogens with two attached hydrogens (primary N) is 1. The van der Waals surface area contributed by atoms with Gasteiger partial charge in [-0.15, -0.1) is 0 Å². The summed E-state index contributed by atoms with van der Waals surface area (Å²) in [5, 5.41) is 16.2. The van der Waals surface area contributed by atoms with Gasteiger partial charge in [-0.2, -0.15) is 5.10 Å². The van der Waals surface area contributed by atoms with Gasteiger partial charge in [-0.3, -0.25) is 14.9 Å². The Kier molecular flexibility index (Phi) is 4.92. The van der Waals surface area contributed by atoms with Gasteiger partial charge in [0, 0.05) is 29.5 Å². The molecule has 7 nitrogen and oxygen atoms in total. The molecule has 0 spiro atoms. The predicted octanol–water partition coefficient (Wildman–Crippen LogP) is 3.78. The minimum Gasteiger partial charge on any atom is -0.369 e. The first-order valence-electron chi connectivity index (χ1n) is 7.42. The number of amides is 1. The Balaban J connectivity index is 2.12. The van der Waals surface area contributed by atoms with Crippen LogP contribution in [0.15, 0.2) is 48.7 Å². The van der Waals surface area contributed by atoms with Crippen LogP contribution >= 0.6 is 23.2 Å². The third-order valence-electron chi connectivity index (χ3n) is 3.65. The highest BCUT2D eigenvalue weighted by Gasteiger charge is 2.16. The molecule has 26 heavy (non-hydrogen) atoms. The molecule has 0 unspecified atom stereocenters. The van der Waals surface area contributed by atoms with Crippen LogP contribution in [0.2, 0.25) is 10.0 Å². The standard InChI is InChI=1S/C17H12Cl2N4O3/c18-14-5-4-10(6-15(14)19)17-11(7-16(20)24)9-22(21-17)12-2-1-3-13(8-12)23(25)26/h1-6,8-9H,7H2,(H2,20,24). The zero-order chi connectivity index (χ0) is 18.8. The highest BCUT2D eigenvalue weighted by molar-refractivity contribution is 6.42. The fourth-order valence-electron chi connectivity index (χ4n) is 2.49. The second kappa shape index (κ2) is 7.15. The normalized spacial score (nSPS) is 10.7. The van der Waals surface area contributed by atoms with Crippen LogP contribution in [0.1, 0.15) is 5.56 Å². The van der Waals surface area contributed by atoms with Crippen molar-refractivity contribution in [3.05, 3.63) is 74.4 Å². The number of hydrogen-bond donors (Lipinski definition) is 1. The van der Waals surface area contributed by atoms with Crippen molar-refractivity contribution in [2.24, 2.45) is 5.73 Å². The molecule has 0 saturated heterocycles. The van der Waals surface area contributed by atoms with E-state index in [0.717, 1.165) is 0 Å². The van der Waals surface area contributed by atoms with Crippen LogP contribution in [-0.2, 0) is 11.2 Å². The van der Waals surface area contributed by atoms with Crippen LogP contribution in [0.25, 0.3) is 16.9 Å². The summed E-state index contributed by atoms with van der Waals surface area (Å²) in [4.78, 5) is 21.9. The number of nitro groups is 1. The summed E-state index contributed by atoms with van der Waals surface area (Å²) in [6.45, 7) is 0. The van der Waals surface area contributed by atoms with Gasteiger partial charge in [-0.05, 0) is 18.2 Å². The minimum atomic E-state index is -0.523. The van der Waals surface area contributed by atoms with Gasteiger partial charge in [0.25, 0.3) is 5.69 Å². The summed E-state index contributed by atoms with van der Waals surface area (Å²) in [7, 11) is 0. The quantitative estimate of drug-likeness (QED) is 0.528. The lowest BCUT2D eigenvalue weighted by atomic mass is 10.1. The lowest BCUT2D eigenvalue weighted by molar-refractivity contribution is -0.384. The number of benzene rings is 2. The molecule has 2 N–H and O–H groups in total. The van der Waals surface area contributed by atoms with Gasteiger partial charge in [-0.25, -0.2) is 4.68 Å². The zero-order valence-corrected chi connectivity index (χ0v) is 14.7. The molecule has 3 aromatic rings. The van der Waals surface area contributed by atoms with Crippen molar-refractivity contribution < 1.29 is 9.72 Å². The number of nitrogens with zero attached hydrogens (tertiary/aromatic N) is 3. The van der Waals surface area contributed by atoms with Gasteiger partial charge in [0.05, 0.1) is 32.8 Å². The SMILES string of the molecule is NC(=O)Cc1cn(-c2cccc([N+](=O)[O-])c2)nc1-c1ccc(Cl)c(Cl)c1. The number of non-ortho nitro benzene ring substituents is 1. The van der Waals surface area contributed by atoms with E-state index in [4.69, 9.17) is 28.9 Å². The summed E-state index contributed by atoms with van der Waals surface area (Å²) in [5.74, 6) is -0.523. The molecule has 0 fully saturated rings. The highest BCUT2D eigenvalue weighted by Crippen LogP contribution is 2.30. The van der Waals surface area contributed by atoms with E-state index in [2.05, 4.69) is 5.10 Å². The molecule has 0 radical (unpaired) electrons. The zero-order valence-electron chi connectivity index (χ0n) is 13.2. The van der Waals surface area contributed by atoms with Crippen molar-refractivity contribution in [1.82, 2.24) is 9.78 Å². The molecule has 132 valence electrons. The van der Waals surface area contributed by atoms with E-state index >= 15 is 0 Å². The lowest BCUT2D eigenvalue weighted by Crippen LogP contribution is -2.13. The fourth-order valence-corrected chi connectivity index (χ4v) is 2.79. The van der Waals surface area contributed by atoms with Crippen molar-refractivity contribution in [2.75, 3.05) is 0 Å². The number of halogens is 2. The monoisotopic (exact) mass is 390 g/mol. The largest absolute Gasteiger partial charge is 0.369 e. The molecule has 1 amide bonds. The van der Waals surface area contributed by atoms with Gasteiger partial charge in [0.1, 0.15) is 0 Å². The van der Waals surface area contributed by atoms with Gasteiger partial charge in [0.2, 0.25) is 5.91 Å². The molecule has 0 aliphatic heterocycles. The van der Waals surface area contributed by atoms with Crippen molar-refractivity contribution in [1.29, 1.82) is 0 Å². The lowest BCUT2D eigenvalue weighted by Gasteiger charge is -2.03. The van der Waals surface area contributed by atoms with Crippen molar-refractivity contribution in [2.45, 2.75) is 6.42 Å². The first-order valence-corrected chi connectivity index (χ1v) is 8.18. The summed E-state index contributed by atoms with van der Waals surface area (Å²) in [6, 6.07) is 11.0. The van der Waals surface area contributed by atoms with E-state index < -0.39 is 10.8 Å². The fraction of sp³-hybridized carbons (Fsp3) is 0.0588. The summed E-state index contributed by atoms with van der Waals surface area (Å²) >= 11 is 12.0. The van der Waals surface area contributed by atoms with Crippen LogP contribution in [0.4, 0.5) is 5.69 Å². The Bertz CT molecular complexity index is 1020. The van der Waals surface area contributed by atoms with E-state index in [0.29, 0.717) is 32.6 Å². The van der Waals surface area contributed by atoms with Crippen molar-refractivity contribution in [3.63, 3.8) is 0 Å². The Morgan fingerprint density at radius 3 is 2.62 bits per heavy atom. The Labute approximate surface area is 158 Å². The molecule has 0 saturated carbocycles. The van der Waals surface area contributed by atoms with Gasteiger partial charge < -0.3 is 5.73 Å². The van der Waals surface area contributed by atoms with Crippen LogP contribution in [0, 0.1) is 10.1 Å². The summed E-state index contributed by atoms with van der Waals surface area (Å²) in [5.41, 5.74) is 7.46. The maximum absolute atomic E-state index is 11.4. The second-order valence-corrected chi connectivity index (χ2v) is 6.31. The van der Waals surface area contributed by atoms with Gasteiger partial charge in [0.15, 0.2) is 0 Å². The van der Waals surface area contributed by atoms with Crippen LogP contribution < -0.4 is 5.73 Å². The molecular weight excluding hydrogens is 379 g/mol. The van der Waals surface area contributed by atoms with Crippen molar-refractivity contribution >= 4 is 34.8 Å². The van der Waals surface area contributed by atoms with Gasteiger partial charge in [-0.1, -0.05) is 35.3 Å². The molecule has 0 bridgehead atoms. The average Bonchev–Trinajstić information content (AvgIpc) is 3.00. The van der Waals surface area contributed by atoms with E-state index in [1.165, 1.54) is 16.8 Å². The number of rotatable bonds is 5. The third-order valence-corrected chi connectivity index (χ3v) is 4.39. The summed E-state index contributed by atoms with van der Waals surface area (Å²) in [6.07, 6.45) is 1.58. The average molecular weight is 391 g/mol. The van der Waals surface area contributed by atoms with Crippen LogP contribution in [0.3, 0.4) is 0 Å². The van der Waals surface area contributed by atoms with E-state index in [1.807, 2.05) is 0 Å². The first-order chi connectivity index (χ1) is 12.3. The second-order valence-electron chi connectivity index (χ2n) is 5.50. The van der Waals surface area contributed by atoms with Crippen molar-refractivity contribution in [3.8, 4) is 16.9 Å². The molecule has 1 heterocycles. The number of aromatic nitrogens is 2. The van der Waals surface area contributed by atoms with E-state index in [1.54, 1.807) is 36.5 Å². The molecule has 0 aliphatic carbocycles. The predicted molar refractivity (Wildman–Crippen MR) is 98.6 cm³/mol. The molecule has 0 atom stereocenters. The molecule has 3 rings (SSSR count). The van der Waals surface area contributed by atoms with Gasteiger partial charge >= 0.3 is 0 Å². The van der Waals surface area contributed by atoms with Crippen LogP contribution in [0.5, 0.6) is 0 Å². The molecule has 1 aromatic heterocycles. The molecular formula is C17H12Cl2N4O3. The number of primary amides is 1. The summed E-state index contributed by atoms with van der Waals surface area (Å²) < 4.78 is 1.46. The molecule has 9 heteroatoms. The number of carbonyl (C=O) groups is 1.